The smallest absolute Gasteiger partial charge is 0.221 e. The van der Waals surface area contributed by atoms with Crippen molar-refractivity contribution in [2.75, 3.05) is 6.54 Å². The number of carbonyl (C=O) groups is 1. The molecule has 5 N–H and O–H groups in total. The van der Waals surface area contributed by atoms with Gasteiger partial charge in [-0.2, -0.15) is 0 Å². The van der Waals surface area contributed by atoms with E-state index in [4.69, 9.17) is 11.5 Å². The molecule has 1 amide bonds. The Kier molecular flexibility index (Phi) is 5.99. The molecule has 1 atom stereocenters. The number of rotatable bonds is 7. The molecule has 0 aromatic heterocycles. The Morgan fingerprint density at radius 2 is 1.84 bits per heavy atom. The van der Waals surface area contributed by atoms with Gasteiger partial charge >= 0.3 is 0 Å². The van der Waals surface area contributed by atoms with E-state index in [9.17, 15) is 4.79 Å². The average molecular weight is 263 g/mol. The Labute approximate surface area is 115 Å². The van der Waals surface area contributed by atoms with Gasteiger partial charge in [-0.3, -0.25) is 4.79 Å². The van der Waals surface area contributed by atoms with Crippen LogP contribution in [-0.2, 0) is 4.79 Å². The lowest BCUT2D eigenvalue weighted by molar-refractivity contribution is -0.121. The van der Waals surface area contributed by atoms with Crippen molar-refractivity contribution in [1.82, 2.24) is 5.32 Å². The second kappa shape index (κ2) is 7.26. The van der Waals surface area contributed by atoms with E-state index in [1.807, 2.05) is 44.2 Å². The molecule has 0 aliphatic heterocycles. The predicted molar refractivity (Wildman–Crippen MR) is 78.5 cm³/mol. The van der Waals surface area contributed by atoms with Crippen molar-refractivity contribution in [2.45, 2.75) is 44.7 Å². The molecule has 1 aromatic carbocycles. The van der Waals surface area contributed by atoms with E-state index in [2.05, 4.69) is 5.32 Å². The summed E-state index contributed by atoms with van der Waals surface area (Å²) in [6.45, 7) is 4.57. The first-order chi connectivity index (χ1) is 9.00. The molecular weight excluding hydrogens is 238 g/mol. The molecule has 0 saturated carbocycles. The van der Waals surface area contributed by atoms with Crippen LogP contribution in [0.2, 0.25) is 0 Å². The number of hydrogen-bond acceptors (Lipinski definition) is 3. The van der Waals surface area contributed by atoms with Gasteiger partial charge in [-0.05, 0) is 18.4 Å². The van der Waals surface area contributed by atoms with Crippen molar-refractivity contribution in [1.29, 1.82) is 0 Å². The van der Waals surface area contributed by atoms with Crippen molar-refractivity contribution in [3.63, 3.8) is 0 Å². The maximum absolute atomic E-state index is 11.9. The molecule has 0 fully saturated rings. The molecule has 106 valence electrons. The zero-order valence-electron chi connectivity index (χ0n) is 11.9. The standard InChI is InChI=1S/C15H25N3O/c1-3-15(17,4-2)11-18-14(19)10-13(16)12-8-6-5-7-9-12/h5-9,13H,3-4,10-11,16-17H2,1-2H3,(H,18,19). The van der Waals surface area contributed by atoms with Crippen LogP contribution < -0.4 is 16.8 Å². The first-order valence-corrected chi connectivity index (χ1v) is 6.87. The molecular formula is C15H25N3O. The number of benzene rings is 1. The average Bonchev–Trinajstić information content (AvgIpc) is 2.45. The van der Waals surface area contributed by atoms with E-state index in [-0.39, 0.29) is 23.9 Å². The number of nitrogens with one attached hydrogen (secondary N) is 1. The third-order valence-corrected chi connectivity index (χ3v) is 3.68. The van der Waals surface area contributed by atoms with Crippen molar-refractivity contribution in [3.8, 4) is 0 Å². The molecule has 19 heavy (non-hydrogen) atoms. The maximum atomic E-state index is 11.9. The molecule has 0 aliphatic rings. The van der Waals surface area contributed by atoms with Crippen LogP contribution in [0.4, 0.5) is 0 Å². The largest absolute Gasteiger partial charge is 0.354 e. The normalized spacial score (nSPS) is 13.1. The molecule has 0 radical (unpaired) electrons. The van der Waals surface area contributed by atoms with Gasteiger partial charge in [-0.25, -0.2) is 0 Å². The van der Waals surface area contributed by atoms with Gasteiger partial charge in [0.1, 0.15) is 0 Å². The van der Waals surface area contributed by atoms with Crippen LogP contribution in [0.3, 0.4) is 0 Å². The Morgan fingerprint density at radius 3 is 2.37 bits per heavy atom. The Hall–Kier alpha value is -1.39. The summed E-state index contributed by atoms with van der Waals surface area (Å²) in [5, 5.41) is 2.88. The van der Waals surface area contributed by atoms with Gasteiger partial charge in [0.25, 0.3) is 0 Å². The molecule has 0 aliphatic carbocycles. The van der Waals surface area contributed by atoms with Crippen LogP contribution in [0.25, 0.3) is 0 Å². The minimum Gasteiger partial charge on any atom is -0.354 e. The van der Waals surface area contributed by atoms with Gasteiger partial charge in [0.2, 0.25) is 5.91 Å². The highest BCUT2D eigenvalue weighted by molar-refractivity contribution is 5.76. The topological polar surface area (TPSA) is 81.1 Å². The second-order valence-electron chi connectivity index (χ2n) is 5.07. The van der Waals surface area contributed by atoms with E-state index in [1.54, 1.807) is 0 Å². The third-order valence-electron chi connectivity index (χ3n) is 3.68. The van der Waals surface area contributed by atoms with Crippen molar-refractivity contribution < 1.29 is 4.79 Å². The predicted octanol–water partition coefficient (Wildman–Crippen LogP) is 1.71. The molecule has 1 rings (SSSR count). The molecule has 0 spiro atoms. The van der Waals surface area contributed by atoms with Crippen molar-refractivity contribution in [2.24, 2.45) is 11.5 Å². The van der Waals surface area contributed by atoms with Crippen LogP contribution >= 0.6 is 0 Å². The van der Waals surface area contributed by atoms with Crippen molar-refractivity contribution >= 4 is 5.91 Å². The lowest BCUT2D eigenvalue weighted by Crippen LogP contribution is -2.49. The fraction of sp³-hybridized carbons (Fsp3) is 0.533. The summed E-state index contributed by atoms with van der Waals surface area (Å²) in [6, 6.07) is 9.38. The Morgan fingerprint density at radius 1 is 1.26 bits per heavy atom. The number of hydrogen-bond donors (Lipinski definition) is 3. The van der Waals surface area contributed by atoms with Gasteiger partial charge in [0.15, 0.2) is 0 Å². The fourth-order valence-corrected chi connectivity index (χ4v) is 1.86. The number of nitrogens with two attached hydrogens (primary N) is 2. The second-order valence-corrected chi connectivity index (χ2v) is 5.07. The molecule has 0 saturated heterocycles. The molecule has 1 unspecified atom stereocenters. The van der Waals surface area contributed by atoms with Crippen molar-refractivity contribution in [3.05, 3.63) is 35.9 Å². The highest BCUT2D eigenvalue weighted by atomic mass is 16.1. The van der Waals surface area contributed by atoms with E-state index in [1.165, 1.54) is 0 Å². The molecule has 4 nitrogen and oxygen atoms in total. The Balaban J connectivity index is 2.44. The lowest BCUT2D eigenvalue weighted by atomic mass is 9.94. The summed E-state index contributed by atoms with van der Waals surface area (Å²) >= 11 is 0. The highest BCUT2D eigenvalue weighted by Crippen LogP contribution is 2.14. The van der Waals surface area contributed by atoms with Crippen LogP contribution in [0, 0.1) is 0 Å². The molecule has 0 heterocycles. The summed E-state index contributed by atoms with van der Waals surface area (Å²) in [5.41, 5.74) is 12.8. The zero-order valence-corrected chi connectivity index (χ0v) is 11.9. The van der Waals surface area contributed by atoms with Gasteiger partial charge in [0.05, 0.1) is 0 Å². The number of amides is 1. The summed E-state index contributed by atoms with van der Waals surface area (Å²) in [6.07, 6.45) is 1.97. The molecule has 0 bridgehead atoms. The third kappa shape index (κ3) is 5.01. The van der Waals surface area contributed by atoms with Crippen LogP contribution in [0.15, 0.2) is 30.3 Å². The Bertz CT molecular complexity index is 388. The summed E-state index contributed by atoms with van der Waals surface area (Å²) in [7, 11) is 0. The highest BCUT2D eigenvalue weighted by Gasteiger charge is 2.21. The maximum Gasteiger partial charge on any atom is 0.221 e. The van der Waals surface area contributed by atoms with Gasteiger partial charge in [-0.1, -0.05) is 44.2 Å². The minimum atomic E-state index is -0.313. The monoisotopic (exact) mass is 263 g/mol. The molecule has 1 aromatic rings. The zero-order chi connectivity index (χ0) is 14.3. The SMILES string of the molecule is CCC(N)(CC)CNC(=O)CC(N)c1ccccc1. The van der Waals surface area contributed by atoms with E-state index >= 15 is 0 Å². The van der Waals surface area contributed by atoms with E-state index in [0.29, 0.717) is 6.54 Å². The number of carbonyl (C=O) groups excluding carboxylic acids is 1. The van der Waals surface area contributed by atoms with Crippen LogP contribution in [0.5, 0.6) is 0 Å². The molecule has 4 heteroatoms. The first-order valence-electron chi connectivity index (χ1n) is 6.87. The lowest BCUT2D eigenvalue weighted by Gasteiger charge is -2.27. The minimum absolute atomic E-state index is 0.0481. The van der Waals surface area contributed by atoms with E-state index < -0.39 is 0 Å². The fourth-order valence-electron chi connectivity index (χ4n) is 1.86. The van der Waals surface area contributed by atoms with E-state index in [0.717, 1.165) is 18.4 Å². The summed E-state index contributed by atoms with van der Waals surface area (Å²) in [4.78, 5) is 11.9. The van der Waals surface area contributed by atoms with Crippen LogP contribution in [0.1, 0.15) is 44.7 Å². The van der Waals surface area contributed by atoms with Gasteiger partial charge in [-0.15, -0.1) is 0 Å². The quantitative estimate of drug-likeness (QED) is 0.700. The first kappa shape index (κ1) is 15.7. The van der Waals surface area contributed by atoms with Crippen LogP contribution in [-0.4, -0.2) is 18.0 Å². The van der Waals surface area contributed by atoms with Gasteiger partial charge < -0.3 is 16.8 Å². The summed E-state index contributed by atoms with van der Waals surface area (Å²) < 4.78 is 0. The van der Waals surface area contributed by atoms with Gasteiger partial charge in [0, 0.05) is 24.5 Å². The summed E-state index contributed by atoms with van der Waals surface area (Å²) in [5.74, 6) is -0.0481.